The van der Waals surface area contributed by atoms with E-state index in [0.717, 1.165) is 35.1 Å². The third kappa shape index (κ3) is 4.94. The number of nitrogens with one attached hydrogen (secondary N) is 1. The molecule has 0 unspecified atom stereocenters. The first-order chi connectivity index (χ1) is 13.4. The lowest BCUT2D eigenvalue weighted by Crippen LogP contribution is -2.21. The summed E-state index contributed by atoms with van der Waals surface area (Å²) in [6, 6.07) is 12.1. The second-order valence-corrected chi connectivity index (χ2v) is 7.20. The number of nitrogens with two attached hydrogens (primary N) is 1. The molecule has 1 fully saturated rings. The third-order valence-electron chi connectivity index (χ3n) is 4.85. The standard InChI is InChI=1S/C23H24FN3O/c1-3-22(28)26-15-18-5-4-17(16-6-8-19(24)9-7-16)14-20(18)21(25)10-13-27-23(2)11-12-23/h3-10,13-14H,1,11-12,15,25H2,2H3,(H,26,28). The molecule has 0 saturated heterocycles. The van der Waals surface area contributed by atoms with Crippen LogP contribution < -0.4 is 11.1 Å². The van der Waals surface area contributed by atoms with Crippen LogP contribution >= 0.6 is 0 Å². The maximum Gasteiger partial charge on any atom is 0.243 e. The summed E-state index contributed by atoms with van der Waals surface area (Å²) in [7, 11) is 0. The van der Waals surface area contributed by atoms with E-state index in [1.54, 1.807) is 24.4 Å². The summed E-state index contributed by atoms with van der Waals surface area (Å²) >= 11 is 0. The van der Waals surface area contributed by atoms with E-state index in [1.165, 1.54) is 18.2 Å². The number of rotatable bonds is 7. The van der Waals surface area contributed by atoms with Gasteiger partial charge in [-0.1, -0.05) is 30.8 Å². The van der Waals surface area contributed by atoms with Crippen LogP contribution in [0, 0.1) is 5.82 Å². The Morgan fingerprint density at radius 1 is 1.25 bits per heavy atom. The minimum atomic E-state index is -0.281. The predicted octanol–water partition coefficient (Wildman–Crippen LogP) is 4.22. The highest BCUT2D eigenvalue weighted by Crippen LogP contribution is 2.38. The van der Waals surface area contributed by atoms with Crippen LogP contribution in [0.4, 0.5) is 4.39 Å². The molecule has 5 heteroatoms. The molecule has 144 valence electrons. The summed E-state index contributed by atoms with van der Waals surface area (Å²) in [5, 5.41) is 2.78. The lowest BCUT2D eigenvalue weighted by Gasteiger charge is -2.13. The van der Waals surface area contributed by atoms with Crippen molar-refractivity contribution >= 4 is 17.8 Å². The molecule has 28 heavy (non-hydrogen) atoms. The summed E-state index contributed by atoms with van der Waals surface area (Å²) in [4.78, 5) is 16.1. The van der Waals surface area contributed by atoms with E-state index in [0.29, 0.717) is 12.2 Å². The van der Waals surface area contributed by atoms with Crippen molar-refractivity contribution < 1.29 is 9.18 Å². The molecule has 0 aromatic heterocycles. The number of nitrogens with zero attached hydrogens (tertiary/aromatic N) is 1. The number of benzene rings is 2. The maximum atomic E-state index is 13.2. The zero-order valence-corrected chi connectivity index (χ0v) is 15.9. The molecule has 1 aliphatic rings. The molecule has 3 N–H and O–H groups in total. The van der Waals surface area contributed by atoms with E-state index in [2.05, 4.69) is 23.8 Å². The van der Waals surface area contributed by atoms with Crippen molar-refractivity contribution in [2.75, 3.05) is 0 Å². The lowest BCUT2D eigenvalue weighted by molar-refractivity contribution is -0.116. The van der Waals surface area contributed by atoms with Gasteiger partial charge in [0.25, 0.3) is 0 Å². The second-order valence-electron chi connectivity index (χ2n) is 7.20. The largest absolute Gasteiger partial charge is 0.398 e. The fourth-order valence-electron chi connectivity index (χ4n) is 2.77. The molecule has 4 nitrogen and oxygen atoms in total. The Morgan fingerprint density at radius 3 is 2.57 bits per heavy atom. The highest BCUT2D eigenvalue weighted by molar-refractivity contribution is 5.88. The van der Waals surface area contributed by atoms with Crippen LogP contribution in [0.1, 0.15) is 30.9 Å². The molecule has 1 saturated carbocycles. The summed E-state index contributed by atoms with van der Waals surface area (Å²) in [6.45, 7) is 5.90. The predicted molar refractivity (Wildman–Crippen MR) is 112 cm³/mol. The molecule has 2 aromatic carbocycles. The van der Waals surface area contributed by atoms with E-state index in [1.807, 2.05) is 18.2 Å². The van der Waals surface area contributed by atoms with E-state index in [4.69, 9.17) is 5.73 Å². The van der Waals surface area contributed by atoms with Gasteiger partial charge in [0.15, 0.2) is 0 Å². The van der Waals surface area contributed by atoms with Gasteiger partial charge in [-0.05, 0) is 66.8 Å². The zero-order valence-electron chi connectivity index (χ0n) is 15.9. The highest BCUT2D eigenvalue weighted by Gasteiger charge is 2.35. The fourth-order valence-corrected chi connectivity index (χ4v) is 2.77. The molecule has 0 spiro atoms. The van der Waals surface area contributed by atoms with Gasteiger partial charge >= 0.3 is 0 Å². The normalized spacial score (nSPS) is 15.4. The van der Waals surface area contributed by atoms with Gasteiger partial charge in [0.1, 0.15) is 5.82 Å². The van der Waals surface area contributed by atoms with Gasteiger partial charge in [-0.3, -0.25) is 9.79 Å². The van der Waals surface area contributed by atoms with E-state index in [9.17, 15) is 9.18 Å². The topological polar surface area (TPSA) is 67.5 Å². The van der Waals surface area contributed by atoms with Crippen molar-refractivity contribution in [3.63, 3.8) is 0 Å². The Labute approximate surface area is 164 Å². The monoisotopic (exact) mass is 377 g/mol. The van der Waals surface area contributed by atoms with Crippen molar-refractivity contribution in [1.29, 1.82) is 0 Å². The molecule has 0 bridgehead atoms. The molecule has 2 aromatic rings. The van der Waals surface area contributed by atoms with E-state index >= 15 is 0 Å². The molecule has 1 amide bonds. The van der Waals surface area contributed by atoms with Crippen molar-refractivity contribution in [3.05, 3.63) is 78.1 Å². The van der Waals surface area contributed by atoms with Crippen LogP contribution in [0.25, 0.3) is 16.8 Å². The van der Waals surface area contributed by atoms with Crippen LogP contribution in [0.3, 0.4) is 0 Å². The van der Waals surface area contributed by atoms with Gasteiger partial charge in [0.2, 0.25) is 5.91 Å². The number of carbonyl (C=O) groups excluding carboxylic acids is 1. The third-order valence-corrected chi connectivity index (χ3v) is 4.85. The highest BCUT2D eigenvalue weighted by atomic mass is 19.1. The number of aliphatic imine (C=N–C) groups is 1. The van der Waals surface area contributed by atoms with Gasteiger partial charge in [-0.25, -0.2) is 4.39 Å². The quantitative estimate of drug-likeness (QED) is 0.560. The van der Waals surface area contributed by atoms with Crippen molar-refractivity contribution in [2.24, 2.45) is 10.7 Å². The number of amides is 1. The molecular weight excluding hydrogens is 353 g/mol. The average Bonchev–Trinajstić information content (AvgIpc) is 3.43. The molecule has 3 rings (SSSR count). The van der Waals surface area contributed by atoms with Crippen LogP contribution in [-0.4, -0.2) is 17.7 Å². The van der Waals surface area contributed by atoms with E-state index < -0.39 is 0 Å². The van der Waals surface area contributed by atoms with Crippen molar-refractivity contribution in [2.45, 2.75) is 31.8 Å². The summed E-state index contributed by atoms with van der Waals surface area (Å²) in [5.74, 6) is -0.531. The number of halogens is 1. The van der Waals surface area contributed by atoms with Crippen LogP contribution in [0.2, 0.25) is 0 Å². The van der Waals surface area contributed by atoms with Gasteiger partial charge in [-0.2, -0.15) is 0 Å². The first kappa shape index (κ1) is 19.5. The Bertz CT molecular complexity index is 941. The minimum Gasteiger partial charge on any atom is -0.398 e. The summed E-state index contributed by atoms with van der Waals surface area (Å²) in [6.07, 6.45) is 6.95. The molecule has 0 aliphatic heterocycles. The number of hydrogen-bond donors (Lipinski definition) is 2. The van der Waals surface area contributed by atoms with E-state index in [-0.39, 0.29) is 17.3 Å². The van der Waals surface area contributed by atoms with Gasteiger partial charge in [-0.15, -0.1) is 0 Å². The lowest BCUT2D eigenvalue weighted by atomic mass is 9.97. The smallest absolute Gasteiger partial charge is 0.243 e. The Kier molecular flexibility index (Phi) is 5.73. The van der Waals surface area contributed by atoms with Crippen molar-refractivity contribution in [1.82, 2.24) is 5.32 Å². The van der Waals surface area contributed by atoms with Crippen LogP contribution in [0.5, 0.6) is 0 Å². The summed E-state index contributed by atoms with van der Waals surface area (Å²) in [5.41, 5.74) is 10.4. The Balaban J connectivity index is 1.93. The molecule has 0 radical (unpaired) electrons. The first-order valence-corrected chi connectivity index (χ1v) is 9.21. The fraction of sp³-hybridized carbons (Fsp3) is 0.217. The Hall–Kier alpha value is -3.21. The maximum absolute atomic E-state index is 13.2. The minimum absolute atomic E-state index is 0.0491. The molecule has 0 heterocycles. The SMILES string of the molecule is C=CC(=O)NCc1ccc(-c2ccc(F)cc2)cc1C(N)=CC=NC1(C)CC1. The number of carbonyl (C=O) groups is 1. The van der Waals surface area contributed by atoms with Crippen molar-refractivity contribution in [3.8, 4) is 11.1 Å². The number of hydrogen-bond acceptors (Lipinski definition) is 3. The summed E-state index contributed by atoms with van der Waals surface area (Å²) < 4.78 is 13.2. The number of allylic oxidation sites excluding steroid dienone is 1. The van der Waals surface area contributed by atoms with Gasteiger partial charge < -0.3 is 11.1 Å². The zero-order chi connectivity index (χ0) is 20.1. The first-order valence-electron chi connectivity index (χ1n) is 9.21. The molecule has 0 atom stereocenters. The van der Waals surface area contributed by atoms with Crippen LogP contribution in [0.15, 0.2) is 66.2 Å². The second kappa shape index (κ2) is 8.21. The van der Waals surface area contributed by atoms with Gasteiger partial charge in [0, 0.05) is 24.0 Å². The van der Waals surface area contributed by atoms with Gasteiger partial charge in [0.05, 0.1) is 5.54 Å². The molecule has 1 aliphatic carbocycles. The Morgan fingerprint density at radius 2 is 1.93 bits per heavy atom. The average molecular weight is 377 g/mol. The molecular formula is C23H24FN3O. The van der Waals surface area contributed by atoms with Crippen LogP contribution in [-0.2, 0) is 11.3 Å².